The molecule has 5 rings (SSSR count). The van der Waals surface area contributed by atoms with Crippen LogP contribution in [0.4, 0.5) is 5.69 Å². The first-order chi connectivity index (χ1) is 15.2. The van der Waals surface area contributed by atoms with Gasteiger partial charge < -0.3 is 14.6 Å². The molecule has 1 atom stereocenters. The highest BCUT2D eigenvalue weighted by molar-refractivity contribution is 5.92. The van der Waals surface area contributed by atoms with Gasteiger partial charge in [-0.15, -0.1) is 0 Å². The Morgan fingerprint density at radius 3 is 2.77 bits per heavy atom. The Bertz CT molecular complexity index is 1210. The van der Waals surface area contributed by atoms with Crippen molar-refractivity contribution in [3.05, 3.63) is 89.9 Å². The van der Waals surface area contributed by atoms with E-state index in [4.69, 9.17) is 4.74 Å². The van der Waals surface area contributed by atoms with Crippen molar-refractivity contribution in [1.29, 1.82) is 0 Å². The summed E-state index contributed by atoms with van der Waals surface area (Å²) < 4.78 is 7.81. The van der Waals surface area contributed by atoms with Gasteiger partial charge >= 0.3 is 0 Å². The maximum absolute atomic E-state index is 12.3. The molecule has 1 N–H and O–H groups in total. The van der Waals surface area contributed by atoms with Gasteiger partial charge in [-0.3, -0.25) is 9.78 Å². The molecule has 1 aliphatic heterocycles. The average molecular weight is 412 g/mol. The number of carbonyl (C=O) groups is 1. The summed E-state index contributed by atoms with van der Waals surface area (Å²) in [4.78, 5) is 16.4. The molecule has 0 bridgehead atoms. The molecule has 5 heteroatoms. The molecule has 0 spiro atoms. The van der Waals surface area contributed by atoms with E-state index < -0.39 is 0 Å². The summed E-state index contributed by atoms with van der Waals surface area (Å²) in [7, 11) is 0. The van der Waals surface area contributed by atoms with E-state index in [1.807, 2.05) is 36.4 Å². The number of anilines is 1. The minimum absolute atomic E-state index is 0.0493. The molecular weight excluding hydrogens is 386 g/mol. The Morgan fingerprint density at radius 1 is 1.16 bits per heavy atom. The van der Waals surface area contributed by atoms with Crippen LogP contribution in [0, 0.1) is 6.92 Å². The van der Waals surface area contributed by atoms with Crippen molar-refractivity contribution in [3.8, 4) is 5.69 Å². The van der Waals surface area contributed by atoms with Crippen LogP contribution in [0.3, 0.4) is 0 Å². The number of benzene rings is 2. The molecule has 0 aliphatic carbocycles. The van der Waals surface area contributed by atoms with Crippen LogP contribution in [-0.2, 0) is 16.0 Å². The quantitative estimate of drug-likeness (QED) is 0.502. The predicted molar refractivity (Wildman–Crippen MR) is 123 cm³/mol. The first kappa shape index (κ1) is 19.5. The van der Waals surface area contributed by atoms with Gasteiger partial charge in [0.05, 0.1) is 18.5 Å². The maximum atomic E-state index is 12.3. The molecule has 1 unspecified atom stereocenters. The number of amides is 1. The number of hydrogen-bond donors (Lipinski definition) is 1. The molecule has 5 nitrogen and oxygen atoms in total. The van der Waals surface area contributed by atoms with Gasteiger partial charge in [0.15, 0.2) is 0 Å². The van der Waals surface area contributed by atoms with Gasteiger partial charge in [-0.2, -0.15) is 0 Å². The van der Waals surface area contributed by atoms with E-state index in [0.29, 0.717) is 12.3 Å². The lowest BCUT2D eigenvalue weighted by molar-refractivity contribution is -0.115. The molecular formula is C26H25N3O2. The highest BCUT2D eigenvalue weighted by Gasteiger charge is 2.19. The average Bonchev–Trinajstić information content (AvgIpc) is 3.42. The largest absolute Gasteiger partial charge is 0.381 e. The Kier molecular flexibility index (Phi) is 5.26. The summed E-state index contributed by atoms with van der Waals surface area (Å²) in [5, 5.41) is 4.21. The summed E-state index contributed by atoms with van der Waals surface area (Å²) in [6, 6.07) is 20.7. The summed E-state index contributed by atoms with van der Waals surface area (Å²) in [6.07, 6.45) is 4.83. The van der Waals surface area contributed by atoms with Gasteiger partial charge in [0.2, 0.25) is 5.91 Å². The van der Waals surface area contributed by atoms with Crippen LogP contribution >= 0.6 is 0 Å². The monoisotopic (exact) mass is 411 g/mol. The normalized spacial score (nSPS) is 16.0. The lowest BCUT2D eigenvalue weighted by Crippen LogP contribution is -2.14. The third-order valence-corrected chi connectivity index (χ3v) is 5.91. The second-order valence-corrected chi connectivity index (χ2v) is 8.13. The molecule has 1 aliphatic rings. The number of rotatable bonds is 5. The van der Waals surface area contributed by atoms with Gasteiger partial charge in [-0.25, -0.2) is 0 Å². The number of aromatic nitrogens is 2. The Morgan fingerprint density at radius 2 is 2.03 bits per heavy atom. The zero-order chi connectivity index (χ0) is 21.2. The molecule has 3 heterocycles. The van der Waals surface area contributed by atoms with E-state index in [-0.39, 0.29) is 5.91 Å². The molecule has 1 amide bonds. The molecule has 156 valence electrons. The lowest BCUT2D eigenvalue weighted by atomic mass is 9.97. The predicted octanol–water partition coefficient (Wildman–Crippen LogP) is 5.02. The van der Waals surface area contributed by atoms with Crippen LogP contribution in [0.5, 0.6) is 0 Å². The second-order valence-electron chi connectivity index (χ2n) is 8.13. The second kappa shape index (κ2) is 8.36. The fraction of sp³-hybridized carbons (Fsp3) is 0.231. The summed E-state index contributed by atoms with van der Waals surface area (Å²) in [6.45, 7) is 3.80. The minimum atomic E-state index is -0.0493. The zero-order valence-corrected chi connectivity index (χ0v) is 17.5. The van der Waals surface area contributed by atoms with E-state index in [9.17, 15) is 4.79 Å². The summed E-state index contributed by atoms with van der Waals surface area (Å²) in [5.74, 6) is 0.453. The molecule has 1 saturated heterocycles. The summed E-state index contributed by atoms with van der Waals surface area (Å²) in [5.41, 5.74) is 6.49. The number of pyridine rings is 1. The molecule has 4 aromatic rings. The van der Waals surface area contributed by atoms with Crippen molar-refractivity contribution < 1.29 is 9.53 Å². The van der Waals surface area contributed by atoms with Crippen molar-refractivity contribution in [2.45, 2.75) is 25.7 Å². The first-order valence-electron chi connectivity index (χ1n) is 10.7. The van der Waals surface area contributed by atoms with Crippen LogP contribution in [0.25, 0.3) is 16.6 Å². The van der Waals surface area contributed by atoms with Gasteiger partial charge in [-0.1, -0.05) is 12.1 Å². The Labute approximate surface area is 181 Å². The van der Waals surface area contributed by atoms with Crippen LogP contribution < -0.4 is 5.32 Å². The van der Waals surface area contributed by atoms with E-state index in [1.165, 1.54) is 22.2 Å². The number of nitrogens with zero attached hydrogens (tertiary/aromatic N) is 2. The zero-order valence-electron chi connectivity index (χ0n) is 17.5. The molecule has 0 saturated carbocycles. The van der Waals surface area contributed by atoms with Crippen molar-refractivity contribution >= 4 is 22.5 Å². The molecule has 2 aromatic carbocycles. The third kappa shape index (κ3) is 4.09. The highest BCUT2D eigenvalue weighted by Crippen LogP contribution is 2.31. The lowest BCUT2D eigenvalue weighted by Gasteiger charge is -2.12. The number of nitrogens with one attached hydrogen (secondary N) is 1. The van der Waals surface area contributed by atoms with Crippen molar-refractivity contribution in [1.82, 2.24) is 9.55 Å². The van der Waals surface area contributed by atoms with Crippen LogP contribution in [-0.4, -0.2) is 28.7 Å². The number of ether oxygens (including phenoxy) is 1. The number of carbonyl (C=O) groups excluding carboxylic acids is 1. The topological polar surface area (TPSA) is 56.1 Å². The van der Waals surface area contributed by atoms with Crippen molar-refractivity contribution in [2.24, 2.45) is 0 Å². The summed E-state index contributed by atoms with van der Waals surface area (Å²) >= 11 is 0. The Balaban J connectivity index is 1.35. The minimum Gasteiger partial charge on any atom is -0.381 e. The fourth-order valence-electron chi connectivity index (χ4n) is 4.35. The van der Waals surface area contributed by atoms with Crippen LogP contribution in [0.2, 0.25) is 0 Å². The SMILES string of the molecule is Cc1cc2cc(C3CCOC3)ccc2n1-c1ccc(NC(=O)Cc2cccnc2)cc1. The smallest absolute Gasteiger partial charge is 0.228 e. The fourth-order valence-corrected chi connectivity index (χ4v) is 4.35. The van der Waals surface area contributed by atoms with Crippen molar-refractivity contribution in [3.63, 3.8) is 0 Å². The molecule has 0 radical (unpaired) electrons. The van der Waals surface area contributed by atoms with Crippen LogP contribution in [0.15, 0.2) is 73.1 Å². The van der Waals surface area contributed by atoms with E-state index in [0.717, 1.165) is 36.6 Å². The van der Waals surface area contributed by atoms with Gasteiger partial charge in [0.1, 0.15) is 0 Å². The number of aryl methyl sites for hydroxylation is 1. The van der Waals surface area contributed by atoms with Gasteiger partial charge in [-0.05, 0) is 73.0 Å². The Hall–Kier alpha value is -3.44. The highest BCUT2D eigenvalue weighted by atomic mass is 16.5. The van der Waals surface area contributed by atoms with E-state index in [1.54, 1.807) is 12.4 Å². The molecule has 31 heavy (non-hydrogen) atoms. The van der Waals surface area contributed by atoms with Crippen molar-refractivity contribution in [2.75, 3.05) is 18.5 Å². The van der Waals surface area contributed by atoms with Crippen LogP contribution in [0.1, 0.15) is 29.2 Å². The maximum Gasteiger partial charge on any atom is 0.228 e. The number of hydrogen-bond acceptors (Lipinski definition) is 3. The molecule has 1 fully saturated rings. The van der Waals surface area contributed by atoms with E-state index in [2.05, 4.69) is 46.1 Å². The number of fused-ring (bicyclic) bond motifs is 1. The first-order valence-corrected chi connectivity index (χ1v) is 10.7. The third-order valence-electron chi connectivity index (χ3n) is 5.91. The van der Waals surface area contributed by atoms with E-state index >= 15 is 0 Å². The molecule has 2 aromatic heterocycles. The van der Waals surface area contributed by atoms with Gasteiger partial charge in [0.25, 0.3) is 0 Å². The standard InChI is InChI=1S/C26H25N3O2/c1-18-13-22-15-20(21-10-12-31-17-21)4-9-25(22)29(18)24-7-5-23(6-8-24)28-26(30)14-19-3-2-11-27-16-19/h2-9,11,13,15-16,21H,10,12,14,17H2,1H3,(H,28,30). The van der Waals surface area contributed by atoms with Gasteiger partial charge in [0, 0.05) is 47.4 Å².